The van der Waals surface area contributed by atoms with E-state index in [0.717, 1.165) is 5.56 Å². The number of hydrogen-bond acceptors (Lipinski definition) is 6. The van der Waals surface area contributed by atoms with E-state index in [-0.39, 0.29) is 18.6 Å². The number of hydrogen-bond donors (Lipinski definition) is 0. The topological polar surface area (TPSA) is 77.7 Å². The average molecular weight is 303 g/mol. The Bertz CT molecular complexity index is 612. The van der Waals surface area contributed by atoms with Gasteiger partial charge in [0, 0.05) is 18.7 Å². The highest BCUT2D eigenvalue weighted by atomic mass is 16.5. The number of aromatic nitrogens is 2. The summed E-state index contributed by atoms with van der Waals surface area (Å²) in [5.74, 6) is 1.04. The Hall–Kier alpha value is -2.41. The van der Waals surface area contributed by atoms with Crippen molar-refractivity contribution in [2.24, 2.45) is 0 Å². The number of nitrogens with zero attached hydrogens (tertiary/aromatic N) is 3. The predicted molar refractivity (Wildman–Crippen MR) is 77.2 cm³/mol. The van der Waals surface area contributed by atoms with Crippen molar-refractivity contribution < 1.29 is 18.7 Å². The van der Waals surface area contributed by atoms with Gasteiger partial charge in [-0.15, -0.1) is 10.2 Å². The van der Waals surface area contributed by atoms with Crippen LogP contribution in [0, 0.1) is 0 Å². The summed E-state index contributed by atoms with van der Waals surface area (Å²) in [6.07, 6.45) is 1.35. The lowest BCUT2D eigenvalue weighted by Gasteiger charge is -2.31. The molecule has 1 aliphatic rings. The lowest BCUT2D eigenvalue weighted by Crippen LogP contribution is -2.46. The first-order chi connectivity index (χ1) is 10.7. The van der Waals surface area contributed by atoms with Gasteiger partial charge in [-0.1, -0.05) is 0 Å². The number of carbonyl (C=O) groups is 1. The summed E-state index contributed by atoms with van der Waals surface area (Å²) in [5.41, 5.74) is 0.804. The largest absolute Gasteiger partial charge is 0.484 e. The Morgan fingerprint density at radius 3 is 2.91 bits per heavy atom. The second-order valence-corrected chi connectivity index (χ2v) is 5.08. The van der Waals surface area contributed by atoms with Crippen LogP contribution in [-0.4, -0.2) is 53.4 Å². The van der Waals surface area contributed by atoms with Crippen LogP contribution in [0.1, 0.15) is 6.92 Å². The molecule has 1 fully saturated rings. The summed E-state index contributed by atoms with van der Waals surface area (Å²) < 4.78 is 16.1. The van der Waals surface area contributed by atoms with Gasteiger partial charge < -0.3 is 18.8 Å². The molecule has 1 aromatic carbocycles. The molecule has 1 unspecified atom stereocenters. The molecule has 1 aromatic heterocycles. The third kappa shape index (κ3) is 3.43. The van der Waals surface area contributed by atoms with E-state index in [1.54, 1.807) is 17.0 Å². The molecule has 1 amide bonds. The molecule has 0 spiro atoms. The minimum absolute atomic E-state index is 0.0205. The van der Waals surface area contributed by atoms with E-state index >= 15 is 0 Å². The van der Waals surface area contributed by atoms with Crippen molar-refractivity contribution in [3.05, 3.63) is 30.7 Å². The Balaban J connectivity index is 1.54. The molecule has 0 aliphatic carbocycles. The zero-order valence-corrected chi connectivity index (χ0v) is 12.3. The maximum Gasteiger partial charge on any atom is 0.260 e. The number of ether oxygens (including phenoxy) is 2. The summed E-state index contributed by atoms with van der Waals surface area (Å²) in [6.45, 7) is 3.77. The van der Waals surface area contributed by atoms with Crippen LogP contribution in [0.3, 0.4) is 0 Å². The van der Waals surface area contributed by atoms with Crippen LogP contribution in [0.4, 0.5) is 0 Å². The second kappa shape index (κ2) is 6.57. The molecule has 0 radical (unpaired) electrons. The smallest absolute Gasteiger partial charge is 0.260 e. The van der Waals surface area contributed by atoms with Gasteiger partial charge in [0.1, 0.15) is 5.75 Å². The first-order valence-electron chi connectivity index (χ1n) is 7.11. The fourth-order valence-corrected chi connectivity index (χ4v) is 2.27. The van der Waals surface area contributed by atoms with Crippen LogP contribution in [0.5, 0.6) is 5.75 Å². The Kier molecular flexibility index (Phi) is 4.34. The van der Waals surface area contributed by atoms with Gasteiger partial charge in [-0.3, -0.25) is 4.79 Å². The Morgan fingerprint density at radius 1 is 1.41 bits per heavy atom. The molecule has 0 saturated carbocycles. The number of rotatable bonds is 4. The van der Waals surface area contributed by atoms with Crippen molar-refractivity contribution in [3.63, 3.8) is 0 Å². The molecule has 2 heterocycles. The van der Waals surface area contributed by atoms with Gasteiger partial charge in [-0.2, -0.15) is 0 Å². The maximum absolute atomic E-state index is 12.1. The van der Waals surface area contributed by atoms with Gasteiger partial charge in [0.05, 0.1) is 12.7 Å². The molecule has 7 heteroatoms. The first-order valence-corrected chi connectivity index (χ1v) is 7.11. The molecule has 3 rings (SSSR count). The number of benzene rings is 1. The molecule has 22 heavy (non-hydrogen) atoms. The van der Waals surface area contributed by atoms with Crippen molar-refractivity contribution in [2.75, 3.05) is 26.3 Å². The highest BCUT2D eigenvalue weighted by molar-refractivity contribution is 5.78. The summed E-state index contributed by atoms with van der Waals surface area (Å²) in [6, 6.07) is 7.16. The first kappa shape index (κ1) is 14.5. The third-order valence-corrected chi connectivity index (χ3v) is 3.42. The van der Waals surface area contributed by atoms with Crippen LogP contribution >= 0.6 is 0 Å². The summed E-state index contributed by atoms with van der Waals surface area (Å²) in [7, 11) is 0. The molecule has 1 atom stereocenters. The monoisotopic (exact) mass is 303 g/mol. The normalized spacial score (nSPS) is 18.2. The zero-order chi connectivity index (χ0) is 15.4. The van der Waals surface area contributed by atoms with E-state index in [9.17, 15) is 4.79 Å². The van der Waals surface area contributed by atoms with Crippen molar-refractivity contribution >= 4 is 5.91 Å². The minimum Gasteiger partial charge on any atom is -0.484 e. The molecular formula is C15H17N3O4. The van der Waals surface area contributed by atoms with Crippen molar-refractivity contribution in [1.82, 2.24) is 15.1 Å². The second-order valence-electron chi connectivity index (χ2n) is 5.08. The SMILES string of the molecule is CC1CN(C(=O)COc2ccc(-c3nnco3)cc2)CCO1. The fraction of sp³-hybridized carbons (Fsp3) is 0.400. The molecule has 7 nitrogen and oxygen atoms in total. The van der Waals surface area contributed by atoms with Gasteiger partial charge in [0.15, 0.2) is 6.61 Å². The Labute approximate surface area is 127 Å². The van der Waals surface area contributed by atoms with E-state index in [0.29, 0.717) is 31.3 Å². The van der Waals surface area contributed by atoms with Crippen molar-refractivity contribution in [1.29, 1.82) is 0 Å². The minimum atomic E-state index is -0.0314. The highest BCUT2D eigenvalue weighted by Crippen LogP contribution is 2.20. The summed E-state index contributed by atoms with van der Waals surface area (Å²) in [4.78, 5) is 13.8. The standard InChI is InChI=1S/C15H17N3O4/c1-11-8-18(6-7-20-11)14(19)9-21-13-4-2-12(3-5-13)15-17-16-10-22-15/h2-5,10-11H,6-9H2,1H3. The lowest BCUT2D eigenvalue weighted by molar-refractivity contribution is -0.140. The van der Waals surface area contributed by atoms with E-state index in [1.165, 1.54) is 6.39 Å². The Morgan fingerprint density at radius 2 is 2.23 bits per heavy atom. The summed E-state index contributed by atoms with van der Waals surface area (Å²) in [5, 5.41) is 7.46. The van der Waals surface area contributed by atoms with E-state index < -0.39 is 0 Å². The lowest BCUT2D eigenvalue weighted by atomic mass is 10.2. The number of amides is 1. The van der Waals surface area contributed by atoms with Gasteiger partial charge in [0.2, 0.25) is 12.3 Å². The molecule has 1 aliphatic heterocycles. The van der Waals surface area contributed by atoms with Crippen LogP contribution in [0.15, 0.2) is 35.1 Å². The van der Waals surface area contributed by atoms with Gasteiger partial charge in [-0.05, 0) is 31.2 Å². The molecule has 1 saturated heterocycles. The maximum atomic E-state index is 12.1. The van der Waals surface area contributed by atoms with Gasteiger partial charge in [-0.25, -0.2) is 0 Å². The number of carbonyl (C=O) groups excluding carboxylic acids is 1. The molecule has 0 bridgehead atoms. The molecule has 0 N–H and O–H groups in total. The van der Waals surface area contributed by atoms with E-state index in [4.69, 9.17) is 13.9 Å². The number of morpholine rings is 1. The van der Waals surface area contributed by atoms with Crippen LogP contribution in [-0.2, 0) is 9.53 Å². The van der Waals surface area contributed by atoms with Crippen molar-refractivity contribution in [2.45, 2.75) is 13.0 Å². The predicted octanol–water partition coefficient (Wildman–Crippen LogP) is 1.36. The zero-order valence-electron chi connectivity index (χ0n) is 12.3. The van der Waals surface area contributed by atoms with Crippen LogP contribution in [0.25, 0.3) is 11.5 Å². The summed E-state index contributed by atoms with van der Waals surface area (Å²) >= 11 is 0. The van der Waals surface area contributed by atoms with E-state index in [2.05, 4.69) is 10.2 Å². The van der Waals surface area contributed by atoms with E-state index in [1.807, 2.05) is 19.1 Å². The van der Waals surface area contributed by atoms with Crippen molar-refractivity contribution in [3.8, 4) is 17.2 Å². The quantitative estimate of drug-likeness (QED) is 0.849. The fourth-order valence-electron chi connectivity index (χ4n) is 2.27. The van der Waals surface area contributed by atoms with Gasteiger partial charge >= 0.3 is 0 Å². The highest BCUT2D eigenvalue weighted by Gasteiger charge is 2.21. The molecule has 116 valence electrons. The molecular weight excluding hydrogens is 286 g/mol. The van der Waals surface area contributed by atoms with Crippen LogP contribution < -0.4 is 4.74 Å². The van der Waals surface area contributed by atoms with Gasteiger partial charge in [0.25, 0.3) is 5.91 Å². The van der Waals surface area contributed by atoms with Crippen LogP contribution in [0.2, 0.25) is 0 Å². The third-order valence-electron chi connectivity index (χ3n) is 3.42. The average Bonchev–Trinajstić information content (AvgIpc) is 3.07. The molecule has 2 aromatic rings.